The Morgan fingerprint density at radius 1 is 0.833 bits per heavy atom. The van der Waals surface area contributed by atoms with Gasteiger partial charge in [0.25, 0.3) is 0 Å². The summed E-state index contributed by atoms with van der Waals surface area (Å²) in [6, 6.07) is 11.7. The van der Waals surface area contributed by atoms with E-state index in [1.165, 1.54) is 12.1 Å². The summed E-state index contributed by atoms with van der Waals surface area (Å²) in [5.41, 5.74) is 1.87. The lowest BCUT2D eigenvalue weighted by Crippen LogP contribution is -2.04. The molecule has 0 aliphatic rings. The van der Waals surface area contributed by atoms with E-state index in [2.05, 4.69) is 5.32 Å². The Balaban J connectivity index is 1.88. The molecule has 2 aromatic rings. The summed E-state index contributed by atoms with van der Waals surface area (Å²) in [5.74, 6) is -0.00103. The van der Waals surface area contributed by atoms with Crippen molar-refractivity contribution in [1.82, 2.24) is 0 Å². The van der Waals surface area contributed by atoms with Gasteiger partial charge in [-0.3, -0.25) is 0 Å². The van der Waals surface area contributed by atoms with Crippen LogP contribution in [0, 0.1) is 0 Å². The van der Waals surface area contributed by atoms with Crippen LogP contribution in [-0.2, 0) is 6.42 Å². The summed E-state index contributed by atoms with van der Waals surface area (Å²) in [7, 11) is 0. The number of benzene rings is 2. The minimum absolute atomic E-state index is 0.126. The second kappa shape index (κ2) is 5.31. The molecule has 0 saturated carbocycles. The molecule has 0 heterocycles. The van der Waals surface area contributed by atoms with Gasteiger partial charge in [-0.1, -0.05) is 12.1 Å². The molecule has 0 atom stereocenters. The Labute approximate surface area is 105 Å². The van der Waals surface area contributed by atoms with E-state index in [-0.39, 0.29) is 17.2 Å². The topological polar surface area (TPSA) is 72.7 Å². The van der Waals surface area contributed by atoms with Gasteiger partial charge in [0, 0.05) is 18.3 Å². The number of phenols is 3. The Bertz CT molecular complexity index is 523. The van der Waals surface area contributed by atoms with Gasteiger partial charge < -0.3 is 20.6 Å². The van der Waals surface area contributed by atoms with Crippen LogP contribution in [-0.4, -0.2) is 21.9 Å². The van der Waals surface area contributed by atoms with Crippen molar-refractivity contribution in [3.8, 4) is 17.2 Å². The zero-order chi connectivity index (χ0) is 13.0. The first kappa shape index (κ1) is 12.1. The van der Waals surface area contributed by atoms with E-state index in [4.69, 9.17) is 5.11 Å². The predicted octanol–water partition coefficient (Wildman–Crippen LogP) is 2.46. The molecule has 2 aromatic carbocycles. The van der Waals surface area contributed by atoms with Crippen molar-refractivity contribution < 1.29 is 15.3 Å². The van der Waals surface area contributed by atoms with Crippen LogP contribution in [0.2, 0.25) is 0 Å². The van der Waals surface area contributed by atoms with Gasteiger partial charge in [-0.25, -0.2) is 0 Å². The zero-order valence-corrected chi connectivity index (χ0v) is 9.80. The first-order valence-electron chi connectivity index (χ1n) is 5.69. The van der Waals surface area contributed by atoms with E-state index in [9.17, 15) is 10.2 Å². The van der Waals surface area contributed by atoms with Crippen molar-refractivity contribution in [3.63, 3.8) is 0 Å². The third kappa shape index (κ3) is 3.07. The van der Waals surface area contributed by atoms with Crippen molar-refractivity contribution in [1.29, 1.82) is 0 Å². The van der Waals surface area contributed by atoms with E-state index in [1.807, 2.05) is 12.1 Å². The molecular weight excluding hydrogens is 230 g/mol. The molecule has 94 valence electrons. The molecule has 2 rings (SSSR count). The van der Waals surface area contributed by atoms with Crippen LogP contribution in [0.5, 0.6) is 17.2 Å². The lowest BCUT2D eigenvalue weighted by Gasteiger charge is -2.07. The quantitative estimate of drug-likeness (QED) is 0.493. The molecule has 0 saturated heterocycles. The predicted molar refractivity (Wildman–Crippen MR) is 70.1 cm³/mol. The monoisotopic (exact) mass is 245 g/mol. The molecule has 0 aromatic heterocycles. The van der Waals surface area contributed by atoms with Crippen molar-refractivity contribution in [2.45, 2.75) is 6.42 Å². The largest absolute Gasteiger partial charge is 0.508 e. The van der Waals surface area contributed by atoms with Crippen molar-refractivity contribution in [2.24, 2.45) is 0 Å². The molecule has 0 aliphatic carbocycles. The van der Waals surface area contributed by atoms with Gasteiger partial charge in [-0.2, -0.15) is 0 Å². The SMILES string of the molecule is Oc1ccc(CCNc2ccc(O)c(O)c2)cc1. The number of hydrogen-bond donors (Lipinski definition) is 4. The number of hydrogen-bond acceptors (Lipinski definition) is 4. The highest BCUT2D eigenvalue weighted by atomic mass is 16.3. The standard InChI is InChI=1S/C14H15NO3/c16-12-4-1-10(2-5-12)7-8-15-11-3-6-13(17)14(18)9-11/h1-6,9,15-18H,7-8H2. The van der Waals surface area contributed by atoms with Gasteiger partial charge in [0.15, 0.2) is 11.5 Å². The van der Waals surface area contributed by atoms with Crippen LogP contribution in [0.25, 0.3) is 0 Å². The molecule has 0 spiro atoms. The maximum Gasteiger partial charge on any atom is 0.159 e. The molecule has 0 amide bonds. The average molecular weight is 245 g/mol. The second-order valence-electron chi connectivity index (χ2n) is 4.05. The van der Waals surface area contributed by atoms with E-state index >= 15 is 0 Å². The van der Waals surface area contributed by atoms with E-state index in [1.54, 1.807) is 18.2 Å². The molecular formula is C14H15NO3. The molecule has 0 bridgehead atoms. The number of aromatic hydroxyl groups is 3. The van der Waals surface area contributed by atoms with Crippen LogP contribution in [0.15, 0.2) is 42.5 Å². The Morgan fingerprint density at radius 2 is 1.56 bits per heavy atom. The molecule has 18 heavy (non-hydrogen) atoms. The normalized spacial score (nSPS) is 10.2. The summed E-state index contributed by atoms with van der Waals surface area (Å²) in [5, 5.41) is 30.8. The lowest BCUT2D eigenvalue weighted by atomic mass is 10.1. The van der Waals surface area contributed by atoms with Gasteiger partial charge in [-0.05, 0) is 36.2 Å². The van der Waals surface area contributed by atoms with Crippen LogP contribution < -0.4 is 5.32 Å². The van der Waals surface area contributed by atoms with E-state index in [0.29, 0.717) is 6.54 Å². The van der Waals surface area contributed by atoms with Crippen LogP contribution in [0.4, 0.5) is 5.69 Å². The summed E-state index contributed by atoms with van der Waals surface area (Å²) >= 11 is 0. The maximum atomic E-state index is 9.33. The van der Waals surface area contributed by atoms with Crippen molar-refractivity contribution in [3.05, 3.63) is 48.0 Å². The minimum Gasteiger partial charge on any atom is -0.508 e. The Hall–Kier alpha value is -2.36. The Kier molecular flexibility index (Phi) is 3.57. The summed E-state index contributed by atoms with van der Waals surface area (Å²) < 4.78 is 0. The van der Waals surface area contributed by atoms with Crippen LogP contribution in [0.3, 0.4) is 0 Å². The number of nitrogens with one attached hydrogen (secondary N) is 1. The first-order chi connectivity index (χ1) is 8.65. The number of phenolic OH excluding ortho intramolecular Hbond substituents is 3. The average Bonchev–Trinajstić information content (AvgIpc) is 2.36. The first-order valence-corrected chi connectivity index (χ1v) is 5.69. The molecule has 0 aliphatic heterocycles. The van der Waals surface area contributed by atoms with Gasteiger partial charge in [0.2, 0.25) is 0 Å². The number of anilines is 1. The summed E-state index contributed by atoms with van der Waals surface area (Å²) in [6.07, 6.45) is 0.807. The highest BCUT2D eigenvalue weighted by Gasteiger charge is 2.00. The maximum absolute atomic E-state index is 9.33. The molecule has 4 N–H and O–H groups in total. The summed E-state index contributed by atoms with van der Waals surface area (Å²) in [6.45, 7) is 0.703. The fourth-order valence-electron chi connectivity index (χ4n) is 1.65. The second-order valence-corrected chi connectivity index (χ2v) is 4.05. The highest BCUT2D eigenvalue weighted by Crippen LogP contribution is 2.27. The summed E-state index contributed by atoms with van der Waals surface area (Å²) in [4.78, 5) is 0. The molecule has 4 heteroatoms. The van der Waals surface area contributed by atoms with Gasteiger partial charge in [-0.15, -0.1) is 0 Å². The van der Waals surface area contributed by atoms with Crippen LogP contribution >= 0.6 is 0 Å². The van der Waals surface area contributed by atoms with E-state index < -0.39 is 0 Å². The van der Waals surface area contributed by atoms with Crippen molar-refractivity contribution in [2.75, 3.05) is 11.9 Å². The van der Waals surface area contributed by atoms with Crippen molar-refractivity contribution >= 4 is 5.69 Å². The van der Waals surface area contributed by atoms with Gasteiger partial charge in [0.1, 0.15) is 5.75 Å². The van der Waals surface area contributed by atoms with E-state index in [0.717, 1.165) is 17.7 Å². The molecule has 0 radical (unpaired) electrons. The molecule has 0 unspecified atom stereocenters. The van der Waals surface area contributed by atoms with Gasteiger partial charge in [0.05, 0.1) is 0 Å². The zero-order valence-electron chi connectivity index (χ0n) is 9.80. The van der Waals surface area contributed by atoms with Gasteiger partial charge >= 0.3 is 0 Å². The number of rotatable bonds is 4. The minimum atomic E-state index is -0.135. The third-order valence-electron chi connectivity index (χ3n) is 2.65. The third-order valence-corrected chi connectivity index (χ3v) is 2.65. The molecule has 4 nitrogen and oxygen atoms in total. The smallest absolute Gasteiger partial charge is 0.159 e. The fraction of sp³-hybridized carbons (Fsp3) is 0.143. The lowest BCUT2D eigenvalue weighted by molar-refractivity contribution is 0.404. The Morgan fingerprint density at radius 3 is 2.22 bits per heavy atom. The fourth-order valence-corrected chi connectivity index (χ4v) is 1.65. The highest BCUT2D eigenvalue weighted by molar-refractivity contribution is 5.53. The molecule has 0 fully saturated rings. The van der Waals surface area contributed by atoms with Crippen LogP contribution in [0.1, 0.15) is 5.56 Å².